The molecule has 6 nitrogen and oxygen atoms in total. The van der Waals surface area contributed by atoms with Gasteiger partial charge in [-0.15, -0.1) is 0 Å². The number of anilines is 1. The number of nitrogens with zero attached hydrogens (tertiary/aromatic N) is 1. The Labute approximate surface area is 104 Å². The molecule has 96 valence electrons. The van der Waals surface area contributed by atoms with Gasteiger partial charge in [-0.3, -0.25) is 10.1 Å². The first-order valence-electron chi connectivity index (χ1n) is 5.67. The first-order valence-corrected chi connectivity index (χ1v) is 5.67. The van der Waals surface area contributed by atoms with E-state index in [1.54, 1.807) is 0 Å². The van der Waals surface area contributed by atoms with Crippen LogP contribution in [-0.2, 0) is 0 Å². The zero-order chi connectivity index (χ0) is 13.3. The molecule has 0 spiro atoms. The second-order valence-corrected chi connectivity index (χ2v) is 4.93. The zero-order valence-corrected chi connectivity index (χ0v) is 9.97. The van der Waals surface area contributed by atoms with E-state index >= 15 is 0 Å². The topological polar surface area (TPSA) is 92.5 Å². The number of nitrogens with one attached hydrogen (secondary N) is 1. The zero-order valence-electron chi connectivity index (χ0n) is 9.97. The highest BCUT2D eigenvalue weighted by atomic mass is 16.6. The monoisotopic (exact) mass is 250 g/mol. The number of para-hydroxylation sites is 1. The Morgan fingerprint density at radius 3 is 2.72 bits per heavy atom. The molecule has 1 fully saturated rings. The quantitative estimate of drug-likeness (QED) is 0.618. The molecule has 1 aliphatic carbocycles. The van der Waals surface area contributed by atoms with Gasteiger partial charge in [0.15, 0.2) is 0 Å². The Kier molecular flexibility index (Phi) is 2.94. The van der Waals surface area contributed by atoms with Gasteiger partial charge < -0.3 is 10.4 Å². The summed E-state index contributed by atoms with van der Waals surface area (Å²) in [4.78, 5) is 21.4. The molecule has 1 aliphatic rings. The largest absolute Gasteiger partial charge is 0.478 e. The molecule has 6 heteroatoms. The molecule has 2 rings (SSSR count). The molecular formula is C12H14N2O4. The van der Waals surface area contributed by atoms with Gasteiger partial charge in [0.05, 0.1) is 10.5 Å². The van der Waals surface area contributed by atoms with Crippen LogP contribution in [-0.4, -0.2) is 22.5 Å². The number of hydrogen-bond donors (Lipinski definition) is 2. The maximum Gasteiger partial charge on any atom is 0.338 e. The van der Waals surface area contributed by atoms with Crippen molar-refractivity contribution >= 4 is 17.3 Å². The fourth-order valence-electron chi connectivity index (χ4n) is 1.75. The van der Waals surface area contributed by atoms with Crippen LogP contribution in [0.15, 0.2) is 18.2 Å². The third-order valence-electron chi connectivity index (χ3n) is 3.27. The van der Waals surface area contributed by atoms with Crippen LogP contribution < -0.4 is 5.32 Å². The molecule has 0 aromatic heterocycles. The van der Waals surface area contributed by atoms with Crippen molar-refractivity contribution in [3.05, 3.63) is 33.9 Å². The van der Waals surface area contributed by atoms with Crippen LogP contribution >= 0.6 is 0 Å². The van der Waals surface area contributed by atoms with Gasteiger partial charge in [-0.05, 0) is 24.3 Å². The predicted octanol–water partition coefficient (Wildman–Crippen LogP) is 2.51. The van der Waals surface area contributed by atoms with Crippen molar-refractivity contribution in [2.45, 2.75) is 19.8 Å². The molecule has 1 saturated carbocycles. The van der Waals surface area contributed by atoms with Gasteiger partial charge in [0.1, 0.15) is 5.69 Å². The van der Waals surface area contributed by atoms with E-state index in [1.165, 1.54) is 18.2 Å². The molecule has 0 heterocycles. The number of carboxylic acid groups (broad SMARTS) is 1. The van der Waals surface area contributed by atoms with Crippen molar-refractivity contribution in [3.63, 3.8) is 0 Å². The van der Waals surface area contributed by atoms with Crippen molar-refractivity contribution in [3.8, 4) is 0 Å². The SMILES string of the molecule is CC1(CNc2c(C(=O)O)cccc2[N+](=O)[O-])CC1. The van der Waals surface area contributed by atoms with Crippen molar-refractivity contribution in [2.75, 3.05) is 11.9 Å². The predicted molar refractivity (Wildman–Crippen MR) is 65.9 cm³/mol. The summed E-state index contributed by atoms with van der Waals surface area (Å²) in [5, 5.41) is 22.9. The van der Waals surface area contributed by atoms with Gasteiger partial charge in [-0.1, -0.05) is 13.0 Å². The Morgan fingerprint density at radius 1 is 1.56 bits per heavy atom. The molecule has 0 saturated heterocycles. The second kappa shape index (κ2) is 4.29. The molecule has 0 unspecified atom stereocenters. The molecule has 0 aliphatic heterocycles. The maximum absolute atomic E-state index is 11.1. The Morgan fingerprint density at radius 2 is 2.22 bits per heavy atom. The van der Waals surface area contributed by atoms with E-state index in [-0.39, 0.29) is 22.4 Å². The standard InChI is InChI=1S/C12H14N2O4/c1-12(5-6-12)7-13-10-8(11(15)16)3-2-4-9(10)14(17)18/h2-4,13H,5-7H2,1H3,(H,15,16). The average Bonchev–Trinajstić information content (AvgIpc) is 3.04. The van der Waals surface area contributed by atoms with Crippen LogP contribution in [0.25, 0.3) is 0 Å². The van der Waals surface area contributed by atoms with Gasteiger partial charge in [-0.25, -0.2) is 4.79 Å². The second-order valence-electron chi connectivity index (χ2n) is 4.93. The molecule has 1 aromatic rings. The fraction of sp³-hybridized carbons (Fsp3) is 0.417. The number of rotatable bonds is 5. The number of aromatic carboxylic acids is 1. The average molecular weight is 250 g/mol. The first kappa shape index (κ1) is 12.3. The van der Waals surface area contributed by atoms with Crippen LogP contribution in [0.5, 0.6) is 0 Å². The third kappa shape index (κ3) is 2.42. The molecule has 0 bridgehead atoms. The van der Waals surface area contributed by atoms with Gasteiger partial charge in [0.25, 0.3) is 5.69 Å². The summed E-state index contributed by atoms with van der Waals surface area (Å²) in [7, 11) is 0. The lowest BCUT2D eigenvalue weighted by Crippen LogP contribution is -2.15. The lowest BCUT2D eigenvalue weighted by Gasteiger charge is -2.13. The van der Waals surface area contributed by atoms with Crippen LogP contribution in [0.1, 0.15) is 30.1 Å². The maximum atomic E-state index is 11.1. The van der Waals surface area contributed by atoms with Crippen LogP contribution in [0.2, 0.25) is 0 Å². The number of benzene rings is 1. The normalized spacial score (nSPS) is 16.1. The summed E-state index contributed by atoms with van der Waals surface area (Å²) in [5.41, 5.74) is -0.0184. The van der Waals surface area contributed by atoms with E-state index in [1.807, 2.05) is 0 Å². The van der Waals surface area contributed by atoms with Gasteiger partial charge in [0.2, 0.25) is 0 Å². The van der Waals surface area contributed by atoms with E-state index in [2.05, 4.69) is 12.2 Å². The fourth-order valence-corrected chi connectivity index (χ4v) is 1.75. The minimum absolute atomic E-state index is 0.0616. The van der Waals surface area contributed by atoms with Gasteiger partial charge in [-0.2, -0.15) is 0 Å². The van der Waals surface area contributed by atoms with Crippen molar-refractivity contribution in [2.24, 2.45) is 5.41 Å². The Balaban J connectivity index is 2.33. The summed E-state index contributed by atoms with van der Waals surface area (Å²) in [6.45, 7) is 2.62. The highest BCUT2D eigenvalue weighted by Crippen LogP contribution is 2.45. The summed E-state index contributed by atoms with van der Waals surface area (Å²) in [6.07, 6.45) is 2.12. The summed E-state index contributed by atoms with van der Waals surface area (Å²) in [5.74, 6) is -1.16. The minimum Gasteiger partial charge on any atom is -0.478 e. The van der Waals surface area contributed by atoms with Crippen LogP contribution in [0.4, 0.5) is 11.4 Å². The number of carbonyl (C=O) groups is 1. The first-order chi connectivity index (χ1) is 8.43. The van der Waals surface area contributed by atoms with E-state index in [0.29, 0.717) is 6.54 Å². The van der Waals surface area contributed by atoms with Crippen molar-refractivity contribution in [1.82, 2.24) is 0 Å². The van der Waals surface area contributed by atoms with Gasteiger partial charge in [0, 0.05) is 12.6 Å². The summed E-state index contributed by atoms with van der Waals surface area (Å²) < 4.78 is 0. The molecule has 1 aromatic carbocycles. The Bertz CT molecular complexity index is 477. The highest BCUT2D eigenvalue weighted by molar-refractivity contribution is 5.96. The Hall–Kier alpha value is -2.11. The molecular weight excluding hydrogens is 236 g/mol. The van der Waals surface area contributed by atoms with E-state index in [0.717, 1.165) is 12.8 Å². The molecule has 18 heavy (non-hydrogen) atoms. The van der Waals surface area contributed by atoms with Crippen LogP contribution in [0.3, 0.4) is 0 Å². The molecule has 0 radical (unpaired) electrons. The summed E-state index contributed by atoms with van der Waals surface area (Å²) in [6, 6.07) is 4.06. The lowest BCUT2D eigenvalue weighted by atomic mass is 10.1. The number of nitro benzene ring substituents is 1. The smallest absolute Gasteiger partial charge is 0.338 e. The molecule has 0 atom stereocenters. The van der Waals surface area contributed by atoms with Crippen LogP contribution in [0, 0.1) is 15.5 Å². The molecule has 2 N–H and O–H groups in total. The number of nitro groups is 1. The molecule has 0 amide bonds. The third-order valence-corrected chi connectivity index (χ3v) is 3.27. The van der Waals surface area contributed by atoms with E-state index in [9.17, 15) is 14.9 Å². The van der Waals surface area contributed by atoms with Crippen molar-refractivity contribution < 1.29 is 14.8 Å². The number of hydrogen-bond acceptors (Lipinski definition) is 4. The van der Waals surface area contributed by atoms with Crippen molar-refractivity contribution in [1.29, 1.82) is 0 Å². The lowest BCUT2D eigenvalue weighted by molar-refractivity contribution is -0.384. The summed E-state index contributed by atoms with van der Waals surface area (Å²) >= 11 is 0. The van der Waals surface area contributed by atoms with E-state index in [4.69, 9.17) is 5.11 Å². The van der Waals surface area contributed by atoms with Gasteiger partial charge >= 0.3 is 5.97 Å². The highest BCUT2D eigenvalue weighted by Gasteiger charge is 2.37. The number of carboxylic acids is 1. The minimum atomic E-state index is -1.16. The van der Waals surface area contributed by atoms with E-state index < -0.39 is 10.9 Å².